The molecule has 0 unspecified atom stereocenters. The van der Waals surface area contributed by atoms with E-state index < -0.39 is 0 Å². The Balaban J connectivity index is 2.49. The molecule has 1 aromatic heterocycles. The molecule has 0 radical (unpaired) electrons. The third kappa shape index (κ3) is 2.60. The minimum absolute atomic E-state index is 0.194. The molecule has 92 valence electrons. The Morgan fingerprint density at radius 2 is 2.11 bits per heavy atom. The summed E-state index contributed by atoms with van der Waals surface area (Å²) >= 11 is 5.92. The van der Waals surface area contributed by atoms with Gasteiger partial charge in [0.25, 0.3) is 0 Å². The Kier molecular flexibility index (Phi) is 3.48. The third-order valence-corrected chi connectivity index (χ3v) is 2.54. The smallest absolute Gasteiger partial charge is 0.221 e. The Bertz CT molecular complexity index is 604. The van der Waals surface area contributed by atoms with Gasteiger partial charge < -0.3 is 9.73 Å². The van der Waals surface area contributed by atoms with E-state index >= 15 is 0 Å². The fourth-order valence-corrected chi connectivity index (χ4v) is 1.75. The summed E-state index contributed by atoms with van der Waals surface area (Å²) in [6.45, 7) is 1.41. The number of carbonyl (C=O) groups is 2. The summed E-state index contributed by atoms with van der Waals surface area (Å²) in [7, 11) is 0. The minimum atomic E-state index is -0.194. The van der Waals surface area contributed by atoms with Crippen molar-refractivity contribution in [2.45, 2.75) is 6.92 Å². The van der Waals surface area contributed by atoms with Crippen LogP contribution in [-0.2, 0) is 4.79 Å². The van der Waals surface area contributed by atoms with E-state index in [9.17, 15) is 9.59 Å². The van der Waals surface area contributed by atoms with Crippen LogP contribution in [0.25, 0.3) is 11.3 Å². The number of hydrogen-bond donors (Lipinski definition) is 1. The van der Waals surface area contributed by atoms with Crippen molar-refractivity contribution in [1.29, 1.82) is 0 Å². The molecule has 1 aromatic carbocycles. The number of hydrogen-bond acceptors (Lipinski definition) is 3. The molecule has 0 spiro atoms. The first kappa shape index (κ1) is 12.4. The highest BCUT2D eigenvalue weighted by Crippen LogP contribution is 2.31. The van der Waals surface area contributed by atoms with Crippen LogP contribution < -0.4 is 5.32 Å². The van der Waals surface area contributed by atoms with Crippen LogP contribution in [0.4, 0.5) is 5.69 Å². The maximum absolute atomic E-state index is 11.1. The number of carbonyl (C=O) groups excluding carboxylic acids is 2. The number of furan rings is 1. The Hall–Kier alpha value is -2.07. The quantitative estimate of drug-likeness (QED) is 0.864. The molecule has 0 atom stereocenters. The van der Waals surface area contributed by atoms with E-state index in [2.05, 4.69) is 5.32 Å². The van der Waals surface area contributed by atoms with Gasteiger partial charge >= 0.3 is 0 Å². The molecule has 1 heterocycles. The second-order valence-corrected chi connectivity index (χ2v) is 4.13. The van der Waals surface area contributed by atoms with Crippen molar-refractivity contribution in [1.82, 2.24) is 0 Å². The molecule has 2 aromatic rings. The summed E-state index contributed by atoms with van der Waals surface area (Å²) in [5.74, 6) is 0.503. The number of anilines is 1. The summed E-state index contributed by atoms with van der Waals surface area (Å²) < 4.78 is 5.32. The van der Waals surface area contributed by atoms with Crippen molar-refractivity contribution >= 4 is 29.5 Å². The standard InChI is InChI=1S/C13H10ClNO3/c1-8(17)15-12-4-2-9(14)6-11(12)13-5-3-10(7-16)18-13/h2-7H,1H3,(H,15,17). The zero-order chi connectivity index (χ0) is 13.1. The largest absolute Gasteiger partial charge is 0.453 e. The van der Waals surface area contributed by atoms with Crippen molar-refractivity contribution in [2.75, 3.05) is 5.32 Å². The Morgan fingerprint density at radius 1 is 1.33 bits per heavy atom. The highest BCUT2D eigenvalue weighted by atomic mass is 35.5. The van der Waals surface area contributed by atoms with Gasteiger partial charge in [0, 0.05) is 17.5 Å². The molecule has 0 aliphatic heterocycles. The van der Waals surface area contributed by atoms with Gasteiger partial charge in [0.05, 0.1) is 5.69 Å². The second-order valence-electron chi connectivity index (χ2n) is 3.69. The van der Waals surface area contributed by atoms with Gasteiger partial charge in [-0.05, 0) is 30.3 Å². The van der Waals surface area contributed by atoms with Crippen LogP contribution in [0.3, 0.4) is 0 Å². The van der Waals surface area contributed by atoms with E-state index in [1.807, 2.05) is 0 Å². The normalized spacial score (nSPS) is 10.1. The average molecular weight is 264 g/mol. The van der Waals surface area contributed by atoms with Gasteiger partial charge in [0.15, 0.2) is 12.0 Å². The third-order valence-electron chi connectivity index (χ3n) is 2.30. The highest BCUT2D eigenvalue weighted by molar-refractivity contribution is 6.31. The fourth-order valence-electron chi connectivity index (χ4n) is 1.58. The van der Waals surface area contributed by atoms with Crippen molar-refractivity contribution in [3.63, 3.8) is 0 Å². The van der Waals surface area contributed by atoms with Crippen molar-refractivity contribution < 1.29 is 14.0 Å². The van der Waals surface area contributed by atoms with Gasteiger partial charge in [-0.1, -0.05) is 11.6 Å². The number of amides is 1. The van der Waals surface area contributed by atoms with Gasteiger partial charge in [0.1, 0.15) is 5.76 Å². The first-order chi connectivity index (χ1) is 8.60. The molecule has 0 fully saturated rings. The molecule has 5 heteroatoms. The Labute approximate surface area is 109 Å². The van der Waals surface area contributed by atoms with E-state index in [4.69, 9.17) is 16.0 Å². The molecule has 18 heavy (non-hydrogen) atoms. The summed E-state index contributed by atoms with van der Waals surface area (Å²) in [5, 5.41) is 3.20. The van der Waals surface area contributed by atoms with Gasteiger partial charge in [-0.2, -0.15) is 0 Å². The molecular formula is C13H10ClNO3. The molecule has 1 amide bonds. The monoisotopic (exact) mass is 263 g/mol. The molecule has 0 bridgehead atoms. The molecule has 0 saturated heterocycles. The molecular weight excluding hydrogens is 254 g/mol. The van der Waals surface area contributed by atoms with Crippen LogP contribution in [0.5, 0.6) is 0 Å². The molecule has 4 nitrogen and oxygen atoms in total. The summed E-state index contributed by atoms with van der Waals surface area (Å²) in [5.41, 5.74) is 1.21. The second kappa shape index (κ2) is 5.06. The lowest BCUT2D eigenvalue weighted by Crippen LogP contribution is -2.06. The molecule has 0 saturated carbocycles. The molecule has 0 aliphatic rings. The van der Waals surface area contributed by atoms with Crippen molar-refractivity contribution in [2.24, 2.45) is 0 Å². The predicted octanol–water partition coefficient (Wildman–Crippen LogP) is 3.37. The van der Waals surface area contributed by atoms with Crippen LogP contribution in [0, 0.1) is 0 Å². The topological polar surface area (TPSA) is 59.3 Å². The van der Waals surface area contributed by atoms with E-state index in [1.54, 1.807) is 30.3 Å². The Morgan fingerprint density at radius 3 is 2.72 bits per heavy atom. The molecule has 2 rings (SSSR count). The van der Waals surface area contributed by atoms with Crippen molar-refractivity contribution in [3.8, 4) is 11.3 Å². The maximum Gasteiger partial charge on any atom is 0.221 e. The van der Waals surface area contributed by atoms with E-state index in [0.717, 1.165) is 0 Å². The number of benzene rings is 1. The van der Waals surface area contributed by atoms with Crippen LogP contribution in [0.15, 0.2) is 34.7 Å². The number of halogens is 1. The number of aldehydes is 1. The van der Waals surface area contributed by atoms with Crippen LogP contribution >= 0.6 is 11.6 Å². The summed E-state index contributed by atoms with van der Waals surface area (Å²) in [6.07, 6.45) is 0.617. The summed E-state index contributed by atoms with van der Waals surface area (Å²) in [6, 6.07) is 8.23. The van der Waals surface area contributed by atoms with Crippen LogP contribution in [0.1, 0.15) is 17.5 Å². The van der Waals surface area contributed by atoms with Gasteiger partial charge in [-0.15, -0.1) is 0 Å². The zero-order valence-electron chi connectivity index (χ0n) is 9.57. The van der Waals surface area contributed by atoms with Gasteiger partial charge in [-0.25, -0.2) is 0 Å². The average Bonchev–Trinajstić information content (AvgIpc) is 2.79. The van der Waals surface area contributed by atoms with E-state index in [-0.39, 0.29) is 11.7 Å². The first-order valence-corrected chi connectivity index (χ1v) is 5.60. The minimum Gasteiger partial charge on any atom is -0.453 e. The number of rotatable bonds is 3. The SMILES string of the molecule is CC(=O)Nc1ccc(Cl)cc1-c1ccc(C=O)o1. The first-order valence-electron chi connectivity index (χ1n) is 5.22. The molecule has 1 N–H and O–H groups in total. The van der Waals surface area contributed by atoms with Crippen molar-refractivity contribution in [3.05, 3.63) is 41.1 Å². The number of nitrogens with one attached hydrogen (secondary N) is 1. The molecule has 0 aliphatic carbocycles. The zero-order valence-corrected chi connectivity index (χ0v) is 10.3. The lowest BCUT2D eigenvalue weighted by atomic mass is 10.1. The lowest BCUT2D eigenvalue weighted by Gasteiger charge is -2.08. The summed E-state index contributed by atoms with van der Waals surface area (Å²) in [4.78, 5) is 21.7. The van der Waals surface area contributed by atoms with Gasteiger partial charge in [0.2, 0.25) is 5.91 Å². The van der Waals surface area contributed by atoms with Crippen LogP contribution in [0.2, 0.25) is 5.02 Å². The van der Waals surface area contributed by atoms with E-state index in [1.165, 1.54) is 6.92 Å². The highest BCUT2D eigenvalue weighted by Gasteiger charge is 2.11. The van der Waals surface area contributed by atoms with E-state index in [0.29, 0.717) is 28.3 Å². The fraction of sp³-hybridized carbons (Fsp3) is 0.0769. The lowest BCUT2D eigenvalue weighted by molar-refractivity contribution is -0.114. The maximum atomic E-state index is 11.1. The van der Waals surface area contributed by atoms with Gasteiger partial charge in [-0.3, -0.25) is 9.59 Å². The predicted molar refractivity (Wildman–Crippen MR) is 68.8 cm³/mol. The van der Waals surface area contributed by atoms with Crippen LogP contribution in [-0.4, -0.2) is 12.2 Å².